The Morgan fingerprint density at radius 2 is 0.824 bits per heavy atom. The van der Waals surface area contributed by atoms with Crippen LogP contribution in [-0.2, 0) is 0 Å². The van der Waals surface area contributed by atoms with Gasteiger partial charge in [0.2, 0.25) is 0 Å². The average molecular weight is 437 g/mol. The van der Waals surface area contributed by atoms with Crippen LogP contribution in [0.15, 0.2) is 121 Å². The van der Waals surface area contributed by atoms with Gasteiger partial charge in [0.1, 0.15) is 0 Å². The summed E-state index contributed by atoms with van der Waals surface area (Å²) in [5, 5.41) is 2.31. The average Bonchev–Trinajstić information content (AvgIpc) is 2.93. The zero-order valence-electron chi connectivity index (χ0n) is 18.3. The van der Waals surface area contributed by atoms with E-state index >= 15 is 0 Å². The van der Waals surface area contributed by atoms with Gasteiger partial charge in [0, 0.05) is 33.8 Å². The van der Waals surface area contributed by atoms with Crippen molar-refractivity contribution in [3.63, 3.8) is 0 Å². The van der Waals surface area contributed by atoms with E-state index in [0.717, 1.165) is 33.3 Å². The molecule has 0 amide bonds. The van der Waals surface area contributed by atoms with Gasteiger partial charge in [-0.25, -0.2) is 15.0 Å². The Bertz CT molecular complexity index is 1520. The van der Waals surface area contributed by atoms with Crippen molar-refractivity contribution in [3.8, 4) is 45.4 Å². The van der Waals surface area contributed by atoms with Crippen LogP contribution < -0.4 is 0 Å². The topological polar surface area (TPSA) is 51.6 Å². The number of pyridine rings is 1. The number of hydrogen-bond acceptors (Lipinski definition) is 4. The van der Waals surface area contributed by atoms with Crippen molar-refractivity contribution in [2.24, 2.45) is 0 Å². The number of rotatable bonds is 4. The highest BCUT2D eigenvalue weighted by atomic mass is 15.0. The van der Waals surface area contributed by atoms with Crippen LogP contribution in [0.2, 0.25) is 0 Å². The maximum atomic E-state index is 4.80. The van der Waals surface area contributed by atoms with E-state index in [0.29, 0.717) is 17.5 Å². The minimum atomic E-state index is 0.644. The van der Waals surface area contributed by atoms with Gasteiger partial charge in [0.05, 0.1) is 5.69 Å². The molecule has 0 atom stereocenters. The van der Waals surface area contributed by atoms with Gasteiger partial charge in [-0.15, -0.1) is 0 Å². The maximum Gasteiger partial charge on any atom is 0.164 e. The van der Waals surface area contributed by atoms with E-state index in [9.17, 15) is 0 Å². The van der Waals surface area contributed by atoms with Gasteiger partial charge < -0.3 is 0 Å². The molecule has 0 N–H and O–H groups in total. The molecule has 160 valence electrons. The third-order valence-electron chi connectivity index (χ3n) is 5.77. The summed E-state index contributed by atoms with van der Waals surface area (Å²) in [6, 6.07) is 38.6. The second-order valence-electron chi connectivity index (χ2n) is 8.03. The van der Waals surface area contributed by atoms with Crippen LogP contribution in [0.4, 0.5) is 0 Å². The summed E-state index contributed by atoms with van der Waals surface area (Å²) in [6.07, 6.45) is 1.92. The first kappa shape index (κ1) is 19.9. The molecule has 6 rings (SSSR count). The summed E-state index contributed by atoms with van der Waals surface area (Å²) in [6.45, 7) is 0. The second kappa shape index (κ2) is 8.68. The fourth-order valence-corrected chi connectivity index (χ4v) is 3.97. The van der Waals surface area contributed by atoms with E-state index in [1.54, 1.807) is 0 Å². The number of aromatic nitrogens is 4. The molecule has 0 saturated carbocycles. The van der Waals surface area contributed by atoms with Crippen molar-refractivity contribution in [1.82, 2.24) is 19.9 Å². The van der Waals surface area contributed by atoms with Gasteiger partial charge in [-0.2, -0.15) is 0 Å². The molecule has 0 bridgehead atoms. The molecular weight excluding hydrogens is 416 g/mol. The first-order chi connectivity index (χ1) is 16.8. The highest BCUT2D eigenvalue weighted by Crippen LogP contribution is 2.27. The van der Waals surface area contributed by atoms with Crippen molar-refractivity contribution < 1.29 is 0 Å². The van der Waals surface area contributed by atoms with Crippen LogP contribution in [0.3, 0.4) is 0 Å². The molecule has 0 radical (unpaired) electrons. The minimum absolute atomic E-state index is 0.644. The first-order valence-corrected chi connectivity index (χ1v) is 11.2. The molecular formula is C30H20N4. The standard InChI is InChI=1S/C30H20N4/c1-3-9-22(10-4-1)28-32-29(23-11-5-2-6-12-23)34-30(33-28)24-17-15-21(16-18-24)27-19-25-13-7-8-14-26(25)20-31-27/h1-20H. The Morgan fingerprint density at radius 1 is 0.382 bits per heavy atom. The molecule has 0 aliphatic heterocycles. The predicted octanol–water partition coefficient (Wildman–Crippen LogP) is 7.09. The minimum Gasteiger partial charge on any atom is -0.256 e. The highest BCUT2D eigenvalue weighted by molar-refractivity contribution is 5.85. The van der Waals surface area contributed by atoms with E-state index in [-0.39, 0.29) is 0 Å². The summed E-state index contributed by atoms with van der Waals surface area (Å²) in [4.78, 5) is 19.0. The van der Waals surface area contributed by atoms with E-state index in [2.05, 4.69) is 35.3 Å². The Kier molecular flexibility index (Phi) is 5.09. The van der Waals surface area contributed by atoms with E-state index in [4.69, 9.17) is 15.0 Å². The van der Waals surface area contributed by atoms with Crippen molar-refractivity contribution in [2.75, 3.05) is 0 Å². The molecule has 2 aromatic heterocycles. The molecule has 0 saturated heterocycles. The van der Waals surface area contributed by atoms with Gasteiger partial charge in [0.25, 0.3) is 0 Å². The number of fused-ring (bicyclic) bond motifs is 1. The van der Waals surface area contributed by atoms with Gasteiger partial charge in [-0.05, 0) is 11.5 Å². The molecule has 0 unspecified atom stereocenters. The lowest BCUT2D eigenvalue weighted by Gasteiger charge is -2.09. The van der Waals surface area contributed by atoms with Gasteiger partial charge >= 0.3 is 0 Å². The zero-order valence-corrected chi connectivity index (χ0v) is 18.3. The molecule has 6 aromatic rings. The summed E-state index contributed by atoms with van der Waals surface area (Å²) < 4.78 is 0. The van der Waals surface area contributed by atoms with Crippen molar-refractivity contribution >= 4 is 10.8 Å². The summed E-state index contributed by atoms with van der Waals surface area (Å²) >= 11 is 0. The molecule has 0 aliphatic rings. The van der Waals surface area contributed by atoms with Crippen LogP contribution in [0.1, 0.15) is 0 Å². The second-order valence-corrected chi connectivity index (χ2v) is 8.03. The van der Waals surface area contributed by atoms with E-state index < -0.39 is 0 Å². The molecule has 34 heavy (non-hydrogen) atoms. The number of benzene rings is 4. The molecule has 0 aliphatic carbocycles. The lowest BCUT2D eigenvalue weighted by atomic mass is 10.1. The fraction of sp³-hybridized carbons (Fsp3) is 0. The molecule has 0 spiro atoms. The Labute approximate surface area is 197 Å². The highest BCUT2D eigenvalue weighted by Gasteiger charge is 2.12. The molecule has 4 aromatic carbocycles. The number of nitrogens with zero attached hydrogens (tertiary/aromatic N) is 4. The Hall–Kier alpha value is -4.70. The predicted molar refractivity (Wildman–Crippen MR) is 137 cm³/mol. The third-order valence-corrected chi connectivity index (χ3v) is 5.77. The van der Waals surface area contributed by atoms with Crippen molar-refractivity contribution in [1.29, 1.82) is 0 Å². The smallest absolute Gasteiger partial charge is 0.164 e. The summed E-state index contributed by atoms with van der Waals surface area (Å²) in [5.41, 5.74) is 4.84. The molecule has 4 nitrogen and oxygen atoms in total. The van der Waals surface area contributed by atoms with Crippen LogP contribution in [0.5, 0.6) is 0 Å². The third kappa shape index (κ3) is 3.93. The molecule has 0 fully saturated rings. The Balaban J connectivity index is 1.42. The normalized spacial score (nSPS) is 10.9. The summed E-state index contributed by atoms with van der Waals surface area (Å²) in [7, 11) is 0. The number of hydrogen-bond donors (Lipinski definition) is 0. The molecule has 4 heteroatoms. The lowest BCUT2D eigenvalue weighted by Crippen LogP contribution is -2.00. The van der Waals surface area contributed by atoms with E-state index in [1.165, 1.54) is 5.39 Å². The largest absolute Gasteiger partial charge is 0.256 e. The van der Waals surface area contributed by atoms with Crippen LogP contribution in [0.25, 0.3) is 56.2 Å². The first-order valence-electron chi connectivity index (χ1n) is 11.2. The molecule has 2 heterocycles. The summed E-state index contributed by atoms with van der Waals surface area (Å²) in [5.74, 6) is 1.96. The van der Waals surface area contributed by atoms with Gasteiger partial charge in [-0.1, -0.05) is 109 Å². The lowest BCUT2D eigenvalue weighted by molar-refractivity contribution is 1.07. The van der Waals surface area contributed by atoms with Gasteiger partial charge in [-0.3, -0.25) is 4.98 Å². The SMILES string of the molecule is c1ccc(-c2nc(-c3ccccc3)nc(-c3ccc(-c4cc5ccccc5cn4)cc3)n2)cc1. The fourth-order valence-electron chi connectivity index (χ4n) is 3.97. The van der Waals surface area contributed by atoms with Crippen LogP contribution in [0, 0.1) is 0 Å². The monoisotopic (exact) mass is 436 g/mol. The quantitative estimate of drug-likeness (QED) is 0.296. The van der Waals surface area contributed by atoms with Crippen molar-refractivity contribution in [3.05, 3.63) is 121 Å². The zero-order chi connectivity index (χ0) is 22.7. The van der Waals surface area contributed by atoms with Gasteiger partial charge in [0.15, 0.2) is 17.5 Å². The maximum absolute atomic E-state index is 4.80. The Morgan fingerprint density at radius 3 is 1.38 bits per heavy atom. The van der Waals surface area contributed by atoms with Crippen LogP contribution in [-0.4, -0.2) is 19.9 Å². The van der Waals surface area contributed by atoms with Crippen molar-refractivity contribution in [2.45, 2.75) is 0 Å². The van der Waals surface area contributed by atoms with E-state index in [1.807, 2.05) is 91.1 Å². The van der Waals surface area contributed by atoms with Crippen LogP contribution >= 0.6 is 0 Å².